The molecule has 2 rings (SSSR count). The topological polar surface area (TPSA) is 69.7 Å². The van der Waals surface area contributed by atoms with E-state index in [1.807, 2.05) is 0 Å². The number of hydrogen-bond acceptors (Lipinski definition) is 4. The molecular weight excluding hydrogens is 306 g/mol. The monoisotopic (exact) mass is 331 g/mol. The first-order chi connectivity index (χ1) is 11.5. The van der Waals surface area contributed by atoms with Crippen LogP contribution in [0.25, 0.3) is 0 Å². The third-order valence-corrected chi connectivity index (χ3v) is 4.44. The molecule has 0 saturated carbocycles. The van der Waals surface area contributed by atoms with Gasteiger partial charge < -0.3 is 10.2 Å². The summed E-state index contributed by atoms with van der Waals surface area (Å²) in [6.45, 7) is 9.20. The van der Waals surface area contributed by atoms with Gasteiger partial charge in [-0.25, -0.2) is 0 Å². The van der Waals surface area contributed by atoms with Crippen LogP contribution in [0.4, 0.5) is 0 Å². The molecule has 0 spiro atoms. The summed E-state index contributed by atoms with van der Waals surface area (Å²) >= 11 is 0. The largest absolute Gasteiger partial charge is 0.354 e. The van der Waals surface area contributed by atoms with Crippen LogP contribution in [0.15, 0.2) is 24.3 Å². The van der Waals surface area contributed by atoms with Crippen molar-refractivity contribution in [3.63, 3.8) is 0 Å². The zero-order chi connectivity index (χ0) is 17.7. The maximum Gasteiger partial charge on any atom is 0.262 e. The molecule has 1 unspecified atom stereocenters. The average molecular weight is 331 g/mol. The van der Waals surface area contributed by atoms with E-state index in [9.17, 15) is 14.4 Å². The van der Waals surface area contributed by atoms with Crippen LogP contribution in [0.3, 0.4) is 0 Å². The van der Waals surface area contributed by atoms with Crippen molar-refractivity contribution < 1.29 is 14.4 Å². The number of rotatable bonds is 8. The van der Waals surface area contributed by atoms with Gasteiger partial charge in [0, 0.05) is 6.54 Å². The minimum Gasteiger partial charge on any atom is -0.354 e. The van der Waals surface area contributed by atoms with Crippen LogP contribution in [0.2, 0.25) is 0 Å². The summed E-state index contributed by atoms with van der Waals surface area (Å²) in [6.07, 6.45) is 0.836. The van der Waals surface area contributed by atoms with Gasteiger partial charge in [-0.2, -0.15) is 0 Å². The van der Waals surface area contributed by atoms with Gasteiger partial charge in [0.2, 0.25) is 5.91 Å². The molecular formula is C18H25N3O3. The quantitative estimate of drug-likeness (QED) is 0.579. The summed E-state index contributed by atoms with van der Waals surface area (Å²) in [4.78, 5) is 40.3. The molecule has 1 aromatic rings. The zero-order valence-electron chi connectivity index (χ0n) is 14.5. The third kappa shape index (κ3) is 3.64. The number of imide groups is 1. The Hall–Kier alpha value is -2.21. The van der Waals surface area contributed by atoms with Crippen molar-refractivity contribution in [2.24, 2.45) is 0 Å². The molecule has 0 radical (unpaired) electrons. The van der Waals surface area contributed by atoms with Crippen molar-refractivity contribution in [2.75, 3.05) is 26.2 Å². The fourth-order valence-electron chi connectivity index (χ4n) is 2.88. The number of nitrogens with one attached hydrogen (secondary N) is 1. The molecule has 0 bridgehead atoms. The SMILES string of the molecule is CCN(CC)CCCNC(=O)C(C)N1C(=O)c2ccccc2C1=O. The minimum absolute atomic E-state index is 0.302. The van der Waals surface area contributed by atoms with Crippen LogP contribution >= 0.6 is 0 Å². The second kappa shape index (κ2) is 8.06. The van der Waals surface area contributed by atoms with Crippen molar-refractivity contribution in [1.29, 1.82) is 0 Å². The standard InChI is InChI=1S/C18H25N3O3/c1-4-20(5-2)12-8-11-19-16(22)13(3)21-17(23)14-9-6-7-10-15(14)18(21)24/h6-7,9-10,13H,4-5,8,11-12H2,1-3H3,(H,19,22). The first-order valence-electron chi connectivity index (χ1n) is 8.48. The molecule has 6 nitrogen and oxygen atoms in total. The summed E-state index contributed by atoms with van der Waals surface area (Å²) < 4.78 is 0. The predicted molar refractivity (Wildman–Crippen MR) is 91.8 cm³/mol. The minimum atomic E-state index is -0.814. The van der Waals surface area contributed by atoms with Crippen molar-refractivity contribution in [3.05, 3.63) is 35.4 Å². The summed E-state index contributed by atoms with van der Waals surface area (Å²) in [5, 5.41) is 2.82. The summed E-state index contributed by atoms with van der Waals surface area (Å²) in [5.41, 5.74) is 0.729. The van der Waals surface area contributed by atoms with Crippen LogP contribution < -0.4 is 5.32 Å². The van der Waals surface area contributed by atoms with Crippen molar-refractivity contribution >= 4 is 17.7 Å². The van der Waals surface area contributed by atoms with Gasteiger partial charge in [0.25, 0.3) is 11.8 Å². The fraction of sp³-hybridized carbons (Fsp3) is 0.500. The number of carbonyl (C=O) groups excluding carboxylic acids is 3. The van der Waals surface area contributed by atoms with Gasteiger partial charge in [0.1, 0.15) is 6.04 Å². The molecule has 6 heteroatoms. The van der Waals surface area contributed by atoms with Gasteiger partial charge in [-0.15, -0.1) is 0 Å². The molecule has 1 aromatic carbocycles. The van der Waals surface area contributed by atoms with E-state index in [0.717, 1.165) is 31.0 Å². The van der Waals surface area contributed by atoms with E-state index in [4.69, 9.17) is 0 Å². The van der Waals surface area contributed by atoms with Gasteiger partial charge in [0.15, 0.2) is 0 Å². The molecule has 1 aliphatic heterocycles. The zero-order valence-corrected chi connectivity index (χ0v) is 14.5. The Balaban J connectivity index is 1.90. The maximum atomic E-state index is 12.4. The lowest BCUT2D eigenvalue weighted by atomic mass is 10.1. The molecule has 0 fully saturated rings. The highest BCUT2D eigenvalue weighted by molar-refractivity contribution is 6.22. The first-order valence-corrected chi connectivity index (χ1v) is 8.48. The highest BCUT2D eigenvalue weighted by Gasteiger charge is 2.40. The van der Waals surface area contributed by atoms with Crippen LogP contribution in [-0.2, 0) is 4.79 Å². The van der Waals surface area contributed by atoms with Gasteiger partial charge >= 0.3 is 0 Å². The highest BCUT2D eigenvalue weighted by atomic mass is 16.2. The lowest BCUT2D eigenvalue weighted by molar-refractivity contribution is -0.124. The lowest BCUT2D eigenvalue weighted by Crippen LogP contribution is -2.48. The third-order valence-electron chi connectivity index (χ3n) is 4.44. The molecule has 0 aliphatic carbocycles. The van der Waals surface area contributed by atoms with Gasteiger partial charge in [-0.05, 0) is 45.1 Å². The number of nitrogens with zero attached hydrogens (tertiary/aromatic N) is 2. The van der Waals surface area contributed by atoms with E-state index in [1.165, 1.54) is 0 Å². The Morgan fingerprint density at radius 3 is 2.17 bits per heavy atom. The molecule has 1 heterocycles. The normalized spacial score (nSPS) is 14.9. The first kappa shape index (κ1) is 18.1. The molecule has 0 saturated heterocycles. The van der Waals surface area contributed by atoms with Crippen molar-refractivity contribution in [3.8, 4) is 0 Å². The number of fused-ring (bicyclic) bond motifs is 1. The second-order valence-electron chi connectivity index (χ2n) is 5.87. The van der Waals surface area contributed by atoms with E-state index in [-0.39, 0.29) is 5.91 Å². The number of amides is 3. The molecule has 1 atom stereocenters. The maximum absolute atomic E-state index is 12.4. The van der Waals surface area contributed by atoms with Crippen molar-refractivity contribution in [2.45, 2.75) is 33.2 Å². The molecule has 1 aliphatic rings. The van der Waals surface area contributed by atoms with Crippen LogP contribution in [0, 0.1) is 0 Å². The highest BCUT2D eigenvalue weighted by Crippen LogP contribution is 2.24. The summed E-state index contributed by atoms with van der Waals surface area (Å²) in [6, 6.07) is 5.84. The molecule has 0 aromatic heterocycles. The second-order valence-corrected chi connectivity index (χ2v) is 5.87. The van der Waals surface area contributed by atoms with E-state index >= 15 is 0 Å². The van der Waals surface area contributed by atoms with Crippen molar-refractivity contribution in [1.82, 2.24) is 15.1 Å². The smallest absolute Gasteiger partial charge is 0.262 e. The van der Waals surface area contributed by atoms with Crippen LogP contribution in [-0.4, -0.2) is 59.7 Å². The lowest BCUT2D eigenvalue weighted by Gasteiger charge is -2.22. The Bertz CT molecular complexity index is 591. The Kier molecular flexibility index (Phi) is 6.09. The average Bonchev–Trinajstić information content (AvgIpc) is 2.85. The van der Waals surface area contributed by atoms with E-state index in [1.54, 1.807) is 31.2 Å². The Morgan fingerprint density at radius 2 is 1.67 bits per heavy atom. The summed E-state index contributed by atoms with van der Waals surface area (Å²) in [7, 11) is 0. The molecule has 1 N–H and O–H groups in total. The number of benzene rings is 1. The molecule has 24 heavy (non-hydrogen) atoms. The van der Waals surface area contributed by atoms with E-state index in [0.29, 0.717) is 17.7 Å². The van der Waals surface area contributed by atoms with Gasteiger partial charge in [-0.1, -0.05) is 26.0 Å². The van der Waals surface area contributed by atoms with Gasteiger partial charge in [-0.3, -0.25) is 19.3 Å². The molecule has 3 amide bonds. The fourth-order valence-corrected chi connectivity index (χ4v) is 2.88. The number of carbonyl (C=O) groups is 3. The Labute approximate surface area is 142 Å². The van der Waals surface area contributed by atoms with Gasteiger partial charge in [0.05, 0.1) is 11.1 Å². The molecule has 130 valence electrons. The summed E-state index contributed by atoms with van der Waals surface area (Å²) in [5.74, 6) is -1.10. The van der Waals surface area contributed by atoms with Crippen LogP contribution in [0.1, 0.15) is 47.9 Å². The van der Waals surface area contributed by atoms with Crippen LogP contribution in [0.5, 0.6) is 0 Å². The van der Waals surface area contributed by atoms with E-state index in [2.05, 4.69) is 24.1 Å². The van der Waals surface area contributed by atoms with E-state index < -0.39 is 17.9 Å². The number of hydrogen-bond donors (Lipinski definition) is 1. The predicted octanol–water partition coefficient (Wildman–Crippen LogP) is 1.52. The Morgan fingerprint density at radius 1 is 1.12 bits per heavy atom.